The van der Waals surface area contributed by atoms with Crippen molar-refractivity contribution in [2.45, 2.75) is 13.0 Å². The number of aliphatic hydroxyl groups is 1. The Balaban J connectivity index is 2.04. The molecule has 4 nitrogen and oxygen atoms in total. The van der Waals surface area contributed by atoms with Gasteiger partial charge in [-0.2, -0.15) is 0 Å². The van der Waals surface area contributed by atoms with E-state index in [1.807, 2.05) is 0 Å². The van der Waals surface area contributed by atoms with E-state index in [0.29, 0.717) is 21.7 Å². The van der Waals surface area contributed by atoms with Gasteiger partial charge in [-0.05, 0) is 30.7 Å². The third-order valence-corrected chi connectivity index (χ3v) is 3.51. The molecule has 2 rings (SSSR count). The molecule has 0 aliphatic heterocycles. The van der Waals surface area contributed by atoms with Crippen LogP contribution >= 0.6 is 11.6 Å². The van der Waals surface area contributed by atoms with Crippen molar-refractivity contribution in [1.29, 1.82) is 0 Å². The van der Waals surface area contributed by atoms with E-state index in [0.717, 1.165) is 0 Å². The Morgan fingerprint density at radius 3 is 2.27 bits per heavy atom. The van der Waals surface area contributed by atoms with Crippen molar-refractivity contribution in [2.24, 2.45) is 0 Å². The molecule has 0 radical (unpaired) electrons. The van der Waals surface area contributed by atoms with Crippen LogP contribution in [0, 0.1) is 0 Å². The number of halogens is 1. The smallest absolute Gasteiger partial charge is 0.252 e. The molecule has 2 aromatic carbocycles. The summed E-state index contributed by atoms with van der Waals surface area (Å²) in [6.45, 7) is 1.46. The number of benzene rings is 2. The minimum Gasteiger partial charge on any atom is -0.387 e. The largest absolute Gasteiger partial charge is 0.387 e. The van der Waals surface area contributed by atoms with Gasteiger partial charge < -0.3 is 10.4 Å². The molecule has 5 heteroatoms. The molecule has 1 atom stereocenters. The van der Waals surface area contributed by atoms with Crippen LogP contribution in [0.4, 0.5) is 0 Å². The summed E-state index contributed by atoms with van der Waals surface area (Å²) in [5.41, 5.74) is 1.32. The molecule has 0 bridgehead atoms. The predicted octanol–water partition coefficient (Wildman–Crippen LogP) is 3.01. The van der Waals surface area contributed by atoms with Gasteiger partial charge >= 0.3 is 0 Å². The molecule has 114 valence electrons. The van der Waals surface area contributed by atoms with Gasteiger partial charge in [0.1, 0.15) is 0 Å². The van der Waals surface area contributed by atoms with Crippen LogP contribution in [-0.4, -0.2) is 23.3 Å². The SMILES string of the molecule is CC(=O)c1ccccc1C(=O)NCC(O)c1ccc(Cl)cc1. The fourth-order valence-electron chi connectivity index (χ4n) is 2.08. The topological polar surface area (TPSA) is 66.4 Å². The van der Waals surface area contributed by atoms with Crippen molar-refractivity contribution < 1.29 is 14.7 Å². The molecular weight excluding hydrogens is 302 g/mol. The predicted molar refractivity (Wildman–Crippen MR) is 85.2 cm³/mol. The first-order valence-electron chi connectivity index (χ1n) is 6.80. The van der Waals surface area contributed by atoms with Gasteiger partial charge in [-0.1, -0.05) is 41.9 Å². The van der Waals surface area contributed by atoms with Crippen molar-refractivity contribution >= 4 is 23.3 Å². The van der Waals surface area contributed by atoms with E-state index < -0.39 is 6.10 Å². The molecule has 0 aliphatic carbocycles. The lowest BCUT2D eigenvalue weighted by Gasteiger charge is -2.13. The number of nitrogens with one attached hydrogen (secondary N) is 1. The van der Waals surface area contributed by atoms with E-state index in [2.05, 4.69) is 5.32 Å². The van der Waals surface area contributed by atoms with Crippen LogP contribution in [0.1, 0.15) is 39.3 Å². The maximum Gasteiger partial charge on any atom is 0.252 e. The van der Waals surface area contributed by atoms with E-state index >= 15 is 0 Å². The summed E-state index contributed by atoms with van der Waals surface area (Å²) in [4.78, 5) is 23.7. The summed E-state index contributed by atoms with van der Waals surface area (Å²) < 4.78 is 0. The van der Waals surface area contributed by atoms with Gasteiger partial charge in [0.2, 0.25) is 0 Å². The zero-order valence-electron chi connectivity index (χ0n) is 12.0. The van der Waals surface area contributed by atoms with Crippen LogP contribution in [0.3, 0.4) is 0 Å². The summed E-state index contributed by atoms with van der Waals surface area (Å²) in [6.07, 6.45) is -0.842. The molecule has 1 unspecified atom stereocenters. The quantitative estimate of drug-likeness (QED) is 0.833. The molecule has 0 spiro atoms. The Morgan fingerprint density at radius 1 is 1.09 bits per heavy atom. The van der Waals surface area contributed by atoms with Crippen LogP contribution in [0.5, 0.6) is 0 Å². The van der Waals surface area contributed by atoms with Gasteiger partial charge in [-0.15, -0.1) is 0 Å². The Bertz CT molecular complexity index is 683. The van der Waals surface area contributed by atoms with Crippen molar-refractivity contribution in [3.8, 4) is 0 Å². The summed E-state index contributed by atoms with van der Waals surface area (Å²) in [6, 6.07) is 13.3. The Labute approximate surface area is 133 Å². The number of rotatable bonds is 5. The van der Waals surface area contributed by atoms with E-state index in [1.54, 1.807) is 48.5 Å². The first-order valence-corrected chi connectivity index (χ1v) is 7.18. The Hall–Kier alpha value is -2.17. The van der Waals surface area contributed by atoms with Gasteiger partial charge in [0.25, 0.3) is 5.91 Å². The number of Topliss-reactive ketones (excluding diaryl/α,β-unsaturated/α-hetero) is 1. The lowest BCUT2D eigenvalue weighted by atomic mass is 10.0. The standard InChI is InChI=1S/C17H16ClNO3/c1-11(20)14-4-2-3-5-15(14)17(22)19-10-16(21)12-6-8-13(18)9-7-12/h2-9,16,21H,10H2,1H3,(H,19,22). The molecule has 22 heavy (non-hydrogen) atoms. The molecule has 0 fully saturated rings. The van der Waals surface area contributed by atoms with E-state index in [9.17, 15) is 14.7 Å². The fourth-order valence-corrected chi connectivity index (χ4v) is 2.20. The van der Waals surface area contributed by atoms with Gasteiger partial charge in [-0.25, -0.2) is 0 Å². The van der Waals surface area contributed by atoms with Crippen LogP contribution in [0.15, 0.2) is 48.5 Å². The summed E-state index contributed by atoms with van der Waals surface area (Å²) in [5.74, 6) is -0.567. The molecule has 0 aliphatic rings. The van der Waals surface area contributed by atoms with Crippen LogP contribution < -0.4 is 5.32 Å². The molecule has 1 amide bonds. The third-order valence-electron chi connectivity index (χ3n) is 3.26. The third kappa shape index (κ3) is 3.93. The number of carbonyl (C=O) groups is 2. The maximum atomic E-state index is 12.2. The molecule has 0 saturated carbocycles. The number of amides is 1. The number of hydrogen-bond acceptors (Lipinski definition) is 3. The Kier molecular flexibility index (Phi) is 5.31. The highest BCUT2D eigenvalue weighted by molar-refractivity contribution is 6.30. The van der Waals surface area contributed by atoms with E-state index in [-0.39, 0.29) is 18.2 Å². The average Bonchev–Trinajstić information content (AvgIpc) is 2.53. The van der Waals surface area contributed by atoms with Crippen LogP contribution in [0.25, 0.3) is 0 Å². The van der Waals surface area contributed by atoms with Crippen LogP contribution in [-0.2, 0) is 0 Å². The van der Waals surface area contributed by atoms with Crippen molar-refractivity contribution in [1.82, 2.24) is 5.32 Å². The Morgan fingerprint density at radius 2 is 1.68 bits per heavy atom. The van der Waals surface area contributed by atoms with Crippen molar-refractivity contribution in [3.05, 3.63) is 70.2 Å². The summed E-state index contributed by atoms with van der Waals surface area (Å²) in [5, 5.41) is 13.3. The molecule has 2 N–H and O–H groups in total. The number of carbonyl (C=O) groups excluding carboxylic acids is 2. The molecular formula is C17H16ClNO3. The molecule has 0 aromatic heterocycles. The lowest BCUT2D eigenvalue weighted by Crippen LogP contribution is -2.29. The van der Waals surface area contributed by atoms with Crippen molar-refractivity contribution in [2.75, 3.05) is 6.54 Å². The molecule has 2 aromatic rings. The monoisotopic (exact) mass is 317 g/mol. The second kappa shape index (κ2) is 7.20. The van der Waals surface area contributed by atoms with Gasteiger partial charge in [0.15, 0.2) is 5.78 Å². The normalized spacial score (nSPS) is 11.8. The highest BCUT2D eigenvalue weighted by Crippen LogP contribution is 2.16. The fraction of sp³-hybridized carbons (Fsp3) is 0.176. The highest BCUT2D eigenvalue weighted by atomic mass is 35.5. The second-order valence-corrected chi connectivity index (χ2v) is 5.32. The van der Waals surface area contributed by atoms with Gasteiger partial charge in [0.05, 0.1) is 11.7 Å². The number of aliphatic hydroxyl groups excluding tert-OH is 1. The van der Waals surface area contributed by atoms with Crippen LogP contribution in [0.2, 0.25) is 5.02 Å². The van der Waals surface area contributed by atoms with Gasteiger partial charge in [-0.3, -0.25) is 9.59 Å². The number of hydrogen-bond donors (Lipinski definition) is 2. The average molecular weight is 318 g/mol. The zero-order chi connectivity index (χ0) is 16.1. The zero-order valence-corrected chi connectivity index (χ0v) is 12.8. The molecule has 0 saturated heterocycles. The summed E-state index contributed by atoms with van der Waals surface area (Å²) in [7, 11) is 0. The highest BCUT2D eigenvalue weighted by Gasteiger charge is 2.15. The maximum absolute atomic E-state index is 12.2. The number of ketones is 1. The van der Waals surface area contributed by atoms with Gasteiger partial charge in [0, 0.05) is 17.1 Å². The summed E-state index contributed by atoms with van der Waals surface area (Å²) >= 11 is 5.79. The van der Waals surface area contributed by atoms with E-state index in [4.69, 9.17) is 11.6 Å². The lowest BCUT2D eigenvalue weighted by molar-refractivity contribution is 0.0906. The van der Waals surface area contributed by atoms with E-state index in [1.165, 1.54) is 6.92 Å². The first kappa shape index (κ1) is 16.2. The van der Waals surface area contributed by atoms with Crippen molar-refractivity contribution in [3.63, 3.8) is 0 Å². The second-order valence-electron chi connectivity index (χ2n) is 4.88. The minimum atomic E-state index is -0.842. The molecule has 0 heterocycles. The minimum absolute atomic E-state index is 0.0483. The first-order chi connectivity index (χ1) is 10.5.